The molecule has 20 heavy (non-hydrogen) atoms. The molecule has 112 valence electrons. The number of benzene rings is 1. The van der Waals surface area contributed by atoms with E-state index >= 15 is 0 Å². The van der Waals surface area contributed by atoms with Crippen LogP contribution in [0.3, 0.4) is 0 Å². The lowest BCUT2D eigenvalue weighted by atomic mass is 9.95. The zero-order valence-corrected chi connectivity index (χ0v) is 13.9. The molecule has 0 amide bonds. The Morgan fingerprint density at radius 1 is 1.35 bits per heavy atom. The van der Waals surface area contributed by atoms with E-state index in [1.807, 2.05) is 0 Å². The molecule has 1 saturated heterocycles. The lowest BCUT2D eigenvalue weighted by Crippen LogP contribution is -2.45. The van der Waals surface area contributed by atoms with Gasteiger partial charge >= 0.3 is 0 Å². The van der Waals surface area contributed by atoms with Crippen molar-refractivity contribution in [2.45, 2.75) is 30.3 Å². The van der Waals surface area contributed by atoms with Crippen molar-refractivity contribution < 1.29 is 18.3 Å². The summed E-state index contributed by atoms with van der Waals surface area (Å²) in [6.07, 6.45) is 0.866. The molecular formula is C13H18BrNO4S. The zero-order valence-electron chi connectivity index (χ0n) is 11.5. The summed E-state index contributed by atoms with van der Waals surface area (Å²) in [7, 11) is -2.16. The van der Waals surface area contributed by atoms with Crippen LogP contribution in [0.25, 0.3) is 0 Å². The van der Waals surface area contributed by atoms with Gasteiger partial charge in [0.1, 0.15) is 10.6 Å². The normalized spacial score (nSPS) is 19.8. The van der Waals surface area contributed by atoms with Crippen molar-refractivity contribution in [1.82, 2.24) is 4.31 Å². The Kier molecular flexibility index (Phi) is 4.44. The molecule has 5 nitrogen and oxygen atoms in total. The molecule has 1 N–H and O–H groups in total. The Morgan fingerprint density at radius 3 is 2.50 bits per heavy atom. The smallest absolute Gasteiger partial charge is 0.246 e. The average molecular weight is 364 g/mol. The highest BCUT2D eigenvalue weighted by Gasteiger charge is 2.35. The van der Waals surface area contributed by atoms with Crippen LogP contribution in [0.1, 0.15) is 19.8 Å². The summed E-state index contributed by atoms with van der Waals surface area (Å²) in [6.45, 7) is 2.35. The number of sulfonamides is 1. The fourth-order valence-corrected chi connectivity index (χ4v) is 4.34. The predicted molar refractivity (Wildman–Crippen MR) is 79.3 cm³/mol. The standard InChI is InChI=1S/C13H18BrNO4S/c1-13(16)5-7-15(8-6-13)20(17,18)12-9-10(14)3-4-11(12)19-2/h3-4,9,16H,5-8H2,1-2H3. The molecule has 1 aromatic rings. The van der Waals surface area contributed by atoms with E-state index in [4.69, 9.17) is 4.74 Å². The van der Waals surface area contributed by atoms with E-state index in [-0.39, 0.29) is 4.90 Å². The maximum atomic E-state index is 12.7. The summed E-state index contributed by atoms with van der Waals surface area (Å²) in [6, 6.07) is 4.90. The number of methoxy groups -OCH3 is 1. The molecule has 0 spiro atoms. The SMILES string of the molecule is COc1ccc(Br)cc1S(=O)(=O)N1CCC(C)(O)CC1. The van der Waals surface area contributed by atoms with Gasteiger partial charge in [0.25, 0.3) is 0 Å². The minimum Gasteiger partial charge on any atom is -0.495 e. The summed E-state index contributed by atoms with van der Waals surface area (Å²) in [4.78, 5) is 0.149. The number of hydrogen-bond donors (Lipinski definition) is 1. The molecule has 0 radical (unpaired) electrons. The van der Waals surface area contributed by atoms with Gasteiger partial charge in [-0.3, -0.25) is 0 Å². The van der Waals surface area contributed by atoms with Gasteiger partial charge in [-0.05, 0) is 38.0 Å². The van der Waals surface area contributed by atoms with Crippen LogP contribution >= 0.6 is 15.9 Å². The van der Waals surface area contributed by atoms with Gasteiger partial charge in [0.15, 0.2) is 0 Å². The van der Waals surface area contributed by atoms with Crippen molar-refractivity contribution in [3.8, 4) is 5.75 Å². The third-order valence-corrected chi connectivity index (χ3v) is 5.96. The summed E-state index contributed by atoms with van der Waals surface area (Å²) in [5.74, 6) is 0.325. The second-order valence-corrected chi connectivity index (χ2v) is 8.02. The molecule has 1 fully saturated rings. The van der Waals surface area contributed by atoms with Crippen molar-refractivity contribution in [2.24, 2.45) is 0 Å². The highest BCUT2D eigenvalue weighted by atomic mass is 79.9. The number of nitrogens with zero attached hydrogens (tertiary/aromatic N) is 1. The molecule has 0 atom stereocenters. The second-order valence-electron chi connectivity index (χ2n) is 5.20. The van der Waals surface area contributed by atoms with Gasteiger partial charge in [0.2, 0.25) is 10.0 Å². The van der Waals surface area contributed by atoms with Crippen molar-refractivity contribution in [3.05, 3.63) is 22.7 Å². The predicted octanol–water partition coefficient (Wildman–Crippen LogP) is 1.99. The number of hydrogen-bond acceptors (Lipinski definition) is 4. The van der Waals surface area contributed by atoms with Crippen molar-refractivity contribution in [1.29, 1.82) is 0 Å². The van der Waals surface area contributed by atoms with Crippen molar-refractivity contribution >= 4 is 26.0 Å². The van der Waals surface area contributed by atoms with Gasteiger partial charge in [-0.25, -0.2) is 8.42 Å². The third-order valence-electron chi connectivity index (χ3n) is 3.54. The van der Waals surface area contributed by atoms with E-state index in [2.05, 4.69) is 15.9 Å². The molecule has 2 rings (SSSR count). The topological polar surface area (TPSA) is 66.8 Å². The fraction of sp³-hybridized carbons (Fsp3) is 0.538. The molecule has 0 bridgehead atoms. The van der Waals surface area contributed by atoms with Crippen LogP contribution in [0.5, 0.6) is 5.75 Å². The molecule has 0 aliphatic carbocycles. The van der Waals surface area contributed by atoms with Crippen molar-refractivity contribution in [3.63, 3.8) is 0 Å². The number of halogens is 1. The van der Waals surface area contributed by atoms with E-state index in [1.54, 1.807) is 25.1 Å². The Bertz CT molecular complexity index is 590. The quantitative estimate of drug-likeness (QED) is 0.891. The van der Waals surface area contributed by atoms with Crippen LogP contribution < -0.4 is 4.74 Å². The Balaban J connectivity index is 2.34. The number of piperidine rings is 1. The van der Waals surface area contributed by atoms with Crippen LogP contribution in [-0.4, -0.2) is 43.6 Å². The average Bonchev–Trinajstić information content (AvgIpc) is 2.38. The summed E-state index contributed by atoms with van der Waals surface area (Å²) in [5, 5.41) is 9.92. The highest BCUT2D eigenvalue weighted by molar-refractivity contribution is 9.10. The van der Waals surface area contributed by atoms with Crippen LogP contribution in [0.4, 0.5) is 0 Å². The molecule has 1 heterocycles. The first-order chi connectivity index (χ1) is 9.26. The molecule has 1 aromatic carbocycles. The number of ether oxygens (including phenoxy) is 1. The monoisotopic (exact) mass is 363 g/mol. The minimum atomic E-state index is -3.61. The van der Waals surface area contributed by atoms with E-state index < -0.39 is 15.6 Å². The summed E-state index contributed by atoms with van der Waals surface area (Å²) < 4.78 is 32.6. The van der Waals surface area contributed by atoms with Gasteiger partial charge in [0, 0.05) is 17.6 Å². The Labute approximate surface area is 127 Å². The van der Waals surface area contributed by atoms with Crippen LogP contribution in [-0.2, 0) is 10.0 Å². The maximum Gasteiger partial charge on any atom is 0.246 e. The van der Waals surface area contributed by atoms with Crippen LogP contribution in [0.2, 0.25) is 0 Å². The minimum absolute atomic E-state index is 0.149. The molecule has 0 aromatic heterocycles. The third kappa shape index (κ3) is 3.16. The second kappa shape index (κ2) is 5.63. The largest absolute Gasteiger partial charge is 0.495 e. The van der Waals surface area contributed by atoms with E-state index in [9.17, 15) is 13.5 Å². The van der Waals surface area contributed by atoms with E-state index in [1.165, 1.54) is 11.4 Å². The number of aliphatic hydroxyl groups is 1. The lowest BCUT2D eigenvalue weighted by molar-refractivity contribution is 0.0126. The maximum absolute atomic E-state index is 12.7. The molecule has 1 aliphatic heterocycles. The van der Waals surface area contributed by atoms with Gasteiger partial charge in [-0.1, -0.05) is 15.9 Å². The first-order valence-corrected chi connectivity index (χ1v) is 8.56. The molecule has 1 aliphatic rings. The summed E-state index contributed by atoms with van der Waals surface area (Å²) in [5.41, 5.74) is -0.784. The van der Waals surface area contributed by atoms with E-state index in [0.717, 1.165) is 0 Å². The van der Waals surface area contributed by atoms with Gasteiger partial charge < -0.3 is 9.84 Å². The van der Waals surface area contributed by atoms with Crippen molar-refractivity contribution in [2.75, 3.05) is 20.2 Å². The van der Waals surface area contributed by atoms with Gasteiger partial charge in [-0.15, -0.1) is 0 Å². The fourth-order valence-electron chi connectivity index (χ4n) is 2.20. The lowest BCUT2D eigenvalue weighted by Gasteiger charge is -2.35. The summed E-state index contributed by atoms with van der Waals surface area (Å²) >= 11 is 3.28. The Morgan fingerprint density at radius 2 is 1.95 bits per heavy atom. The highest BCUT2D eigenvalue weighted by Crippen LogP contribution is 2.32. The molecule has 0 saturated carbocycles. The van der Waals surface area contributed by atoms with Crippen LogP contribution in [0.15, 0.2) is 27.6 Å². The molecule has 7 heteroatoms. The first kappa shape index (κ1) is 15.8. The van der Waals surface area contributed by atoms with Crippen LogP contribution in [0, 0.1) is 0 Å². The Hall–Kier alpha value is -0.630. The van der Waals surface area contributed by atoms with Gasteiger partial charge in [0.05, 0.1) is 12.7 Å². The number of rotatable bonds is 3. The molecule has 0 unspecified atom stereocenters. The van der Waals surface area contributed by atoms with E-state index in [0.29, 0.717) is 36.2 Å². The van der Waals surface area contributed by atoms with Gasteiger partial charge in [-0.2, -0.15) is 4.31 Å². The zero-order chi connectivity index (χ0) is 15.0. The molecular weight excluding hydrogens is 346 g/mol. The first-order valence-electron chi connectivity index (χ1n) is 6.32.